The summed E-state index contributed by atoms with van der Waals surface area (Å²) in [4.78, 5) is 16.5. The number of aromatic nitrogens is 1. The number of carbonyl (C=O) groups excluding carboxylic acids is 1. The summed E-state index contributed by atoms with van der Waals surface area (Å²) in [5.74, 6) is 0.704. The quantitative estimate of drug-likeness (QED) is 0.932. The Hall–Kier alpha value is -2.36. The molecular formula is C17H20N2O2. The summed E-state index contributed by atoms with van der Waals surface area (Å²) in [6, 6.07) is 7.39. The molecule has 0 spiro atoms. The van der Waals surface area contributed by atoms with E-state index in [1.165, 1.54) is 0 Å². The first-order chi connectivity index (χ1) is 10.0. The Balaban J connectivity index is 2.25. The molecule has 1 heterocycles. The van der Waals surface area contributed by atoms with Crippen LogP contribution < -0.4 is 10.1 Å². The molecule has 0 aliphatic carbocycles. The molecule has 4 heteroatoms. The lowest BCUT2D eigenvalue weighted by Gasteiger charge is -2.13. The van der Waals surface area contributed by atoms with E-state index in [1.54, 1.807) is 12.3 Å². The summed E-state index contributed by atoms with van der Waals surface area (Å²) < 4.78 is 5.55. The van der Waals surface area contributed by atoms with Gasteiger partial charge in [-0.3, -0.25) is 9.78 Å². The van der Waals surface area contributed by atoms with Crippen molar-refractivity contribution in [1.29, 1.82) is 0 Å². The van der Waals surface area contributed by atoms with E-state index in [2.05, 4.69) is 10.3 Å². The van der Waals surface area contributed by atoms with Crippen LogP contribution in [0.5, 0.6) is 5.75 Å². The minimum atomic E-state index is -0.121. The number of aryl methyl sites for hydroxylation is 3. The summed E-state index contributed by atoms with van der Waals surface area (Å²) in [5.41, 5.74) is 4.13. The Morgan fingerprint density at radius 2 is 1.95 bits per heavy atom. The molecule has 0 aliphatic rings. The van der Waals surface area contributed by atoms with E-state index >= 15 is 0 Å². The highest BCUT2D eigenvalue weighted by molar-refractivity contribution is 6.05. The molecule has 0 unspecified atom stereocenters. The maximum atomic E-state index is 12.4. The molecule has 110 valence electrons. The second-order valence-electron chi connectivity index (χ2n) is 5.01. The summed E-state index contributed by atoms with van der Waals surface area (Å²) >= 11 is 0. The first-order valence-electron chi connectivity index (χ1n) is 6.99. The molecule has 0 fully saturated rings. The fourth-order valence-corrected chi connectivity index (χ4v) is 2.17. The van der Waals surface area contributed by atoms with Crippen LogP contribution in [0.25, 0.3) is 0 Å². The van der Waals surface area contributed by atoms with Gasteiger partial charge in [-0.15, -0.1) is 0 Å². The highest BCUT2D eigenvalue weighted by atomic mass is 16.5. The first kappa shape index (κ1) is 15.0. The van der Waals surface area contributed by atoms with Crippen molar-refractivity contribution in [2.45, 2.75) is 27.7 Å². The number of anilines is 1. The van der Waals surface area contributed by atoms with Gasteiger partial charge in [-0.05, 0) is 63.1 Å². The number of nitrogens with zero attached hydrogens (tertiary/aromatic N) is 1. The molecule has 21 heavy (non-hydrogen) atoms. The maximum Gasteiger partial charge on any atom is 0.255 e. The third-order valence-corrected chi connectivity index (χ3v) is 3.22. The molecule has 1 N–H and O–H groups in total. The van der Waals surface area contributed by atoms with Gasteiger partial charge in [0.1, 0.15) is 5.75 Å². The Morgan fingerprint density at radius 1 is 1.19 bits per heavy atom. The van der Waals surface area contributed by atoms with Crippen molar-refractivity contribution in [3.05, 3.63) is 52.8 Å². The van der Waals surface area contributed by atoms with Crippen LogP contribution in [0.15, 0.2) is 30.5 Å². The monoisotopic (exact) mass is 284 g/mol. The zero-order valence-electron chi connectivity index (χ0n) is 12.9. The van der Waals surface area contributed by atoms with Crippen molar-refractivity contribution in [2.75, 3.05) is 11.9 Å². The van der Waals surface area contributed by atoms with Crippen LogP contribution in [0.1, 0.15) is 34.1 Å². The fourth-order valence-electron chi connectivity index (χ4n) is 2.17. The third-order valence-electron chi connectivity index (χ3n) is 3.22. The Kier molecular flexibility index (Phi) is 4.58. The van der Waals surface area contributed by atoms with E-state index in [0.29, 0.717) is 12.2 Å². The summed E-state index contributed by atoms with van der Waals surface area (Å²) in [5, 5.41) is 2.90. The molecule has 0 radical (unpaired) electrons. The summed E-state index contributed by atoms with van der Waals surface area (Å²) in [6.07, 6.45) is 1.68. The van der Waals surface area contributed by atoms with Gasteiger partial charge in [0.15, 0.2) is 0 Å². The van der Waals surface area contributed by atoms with E-state index in [4.69, 9.17) is 4.74 Å². The third kappa shape index (κ3) is 3.60. The number of carbonyl (C=O) groups is 1. The minimum Gasteiger partial charge on any atom is -0.494 e. The largest absolute Gasteiger partial charge is 0.494 e. The van der Waals surface area contributed by atoms with Crippen LogP contribution in [0.2, 0.25) is 0 Å². The van der Waals surface area contributed by atoms with E-state index < -0.39 is 0 Å². The lowest BCUT2D eigenvalue weighted by molar-refractivity contribution is 0.102. The van der Waals surface area contributed by atoms with Crippen molar-refractivity contribution in [3.63, 3.8) is 0 Å². The van der Waals surface area contributed by atoms with Crippen molar-refractivity contribution in [1.82, 2.24) is 4.98 Å². The van der Waals surface area contributed by atoms with Gasteiger partial charge < -0.3 is 10.1 Å². The van der Waals surface area contributed by atoms with Crippen LogP contribution in [0, 0.1) is 20.8 Å². The minimum absolute atomic E-state index is 0.121. The fraction of sp³-hybridized carbons (Fsp3) is 0.294. The molecule has 1 aromatic heterocycles. The molecule has 4 nitrogen and oxygen atoms in total. The average molecular weight is 284 g/mol. The van der Waals surface area contributed by atoms with Crippen LogP contribution >= 0.6 is 0 Å². The molecule has 0 saturated heterocycles. The lowest BCUT2D eigenvalue weighted by Crippen LogP contribution is -2.14. The van der Waals surface area contributed by atoms with Crippen molar-refractivity contribution in [3.8, 4) is 5.75 Å². The second kappa shape index (κ2) is 6.39. The van der Waals surface area contributed by atoms with Gasteiger partial charge in [0.05, 0.1) is 6.61 Å². The second-order valence-corrected chi connectivity index (χ2v) is 5.01. The van der Waals surface area contributed by atoms with Crippen LogP contribution in [-0.4, -0.2) is 17.5 Å². The van der Waals surface area contributed by atoms with Gasteiger partial charge in [0.2, 0.25) is 0 Å². The van der Waals surface area contributed by atoms with Gasteiger partial charge in [-0.25, -0.2) is 0 Å². The smallest absolute Gasteiger partial charge is 0.255 e. The van der Waals surface area contributed by atoms with E-state index in [9.17, 15) is 4.79 Å². The van der Waals surface area contributed by atoms with Crippen LogP contribution in [-0.2, 0) is 0 Å². The Morgan fingerprint density at radius 3 is 2.62 bits per heavy atom. The predicted molar refractivity (Wildman–Crippen MR) is 84.0 cm³/mol. The topological polar surface area (TPSA) is 51.2 Å². The number of hydrogen-bond donors (Lipinski definition) is 1. The van der Waals surface area contributed by atoms with Crippen molar-refractivity contribution >= 4 is 11.6 Å². The Labute approximate surface area is 125 Å². The molecule has 0 saturated carbocycles. The zero-order valence-corrected chi connectivity index (χ0v) is 12.9. The van der Waals surface area contributed by atoms with E-state index in [1.807, 2.05) is 45.9 Å². The van der Waals surface area contributed by atoms with Crippen LogP contribution in [0.4, 0.5) is 5.69 Å². The molecule has 2 aromatic rings. The highest BCUT2D eigenvalue weighted by Crippen LogP contribution is 2.23. The standard InChI is InChI=1S/C17H20N2O2/c1-5-21-16-9-11(2)15(8-12(16)3)17(20)19-14-6-7-18-13(4)10-14/h6-10H,5H2,1-4H3,(H,18,19,20). The molecule has 0 bridgehead atoms. The first-order valence-corrected chi connectivity index (χ1v) is 6.99. The van der Waals surface area contributed by atoms with Gasteiger partial charge in [0.25, 0.3) is 5.91 Å². The molecule has 1 aromatic carbocycles. The summed E-state index contributed by atoms with van der Waals surface area (Å²) in [6.45, 7) is 8.30. The van der Waals surface area contributed by atoms with Gasteiger partial charge >= 0.3 is 0 Å². The number of pyridine rings is 1. The predicted octanol–water partition coefficient (Wildman–Crippen LogP) is 3.66. The SMILES string of the molecule is CCOc1cc(C)c(C(=O)Nc2ccnc(C)c2)cc1C. The number of ether oxygens (including phenoxy) is 1. The van der Waals surface area contributed by atoms with Crippen molar-refractivity contribution in [2.24, 2.45) is 0 Å². The summed E-state index contributed by atoms with van der Waals surface area (Å²) in [7, 11) is 0. The Bertz CT molecular complexity index is 666. The average Bonchev–Trinajstić information content (AvgIpc) is 2.42. The number of nitrogens with one attached hydrogen (secondary N) is 1. The van der Waals surface area contributed by atoms with Gasteiger partial charge in [-0.1, -0.05) is 0 Å². The number of rotatable bonds is 4. The molecule has 0 aliphatic heterocycles. The molecular weight excluding hydrogens is 264 g/mol. The van der Waals surface area contributed by atoms with Crippen LogP contribution in [0.3, 0.4) is 0 Å². The van der Waals surface area contributed by atoms with Gasteiger partial charge in [-0.2, -0.15) is 0 Å². The van der Waals surface area contributed by atoms with Gasteiger partial charge in [0, 0.05) is 23.1 Å². The highest BCUT2D eigenvalue weighted by Gasteiger charge is 2.12. The normalized spacial score (nSPS) is 10.3. The van der Waals surface area contributed by atoms with E-state index in [0.717, 1.165) is 28.3 Å². The lowest BCUT2D eigenvalue weighted by atomic mass is 10.0. The van der Waals surface area contributed by atoms with E-state index in [-0.39, 0.29) is 5.91 Å². The molecule has 1 amide bonds. The molecule has 0 atom stereocenters. The number of amides is 1. The van der Waals surface area contributed by atoms with Crippen molar-refractivity contribution < 1.29 is 9.53 Å². The maximum absolute atomic E-state index is 12.4. The number of benzene rings is 1. The number of hydrogen-bond acceptors (Lipinski definition) is 3. The zero-order chi connectivity index (χ0) is 15.4. The molecule has 2 rings (SSSR count).